The van der Waals surface area contributed by atoms with Gasteiger partial charge in [0.2, 0.25) is 11.8 Å². The van der Waals surface area contributed by atoms with Crippen LogP contribution in [0.15, 0.2) is 24.3 Å². The molecule has 0 spiro atoms. The van der Waals surface area contributed by atoms with Gasteiger partial charge in [-0.3, -0.25) is 9.59 Å². The van der Waals surface area contributed by atoms with E-state index in [1.165, 1.54) is 12.1 Å². The number of carbonyl (C=O) groups excluding carboxylic acids is 3. The van der Waals surface area contributed by atoms with Gasteiger partial charge in [-0.25, -0.2) is 4.79 Å². The van der Waals surface area contributed by atoms with Crippen molar-refractivity contribution in [1.82, 2.24) is 15.5 Å². The Morgan fingerprint density at radius 2 is 1.61 bits per heavy atom. The minimum absolute atomic E-state index is 0.0786. The van der Waals surface area contributed by atoms with Gasteiger partial charge in [0.25, 0.3) is 0 Å². The van der Waals surface area contributed by atoms with Crippen LogP contribution in [-0.4, -0.2) is 51.6 Å². The topological polar surface area (TPSA) is 108 Å². The van der Waals surface area contributed by atoms with Crippen molar-refractivity contribution in [2.24, 2.45) is 5.92 Å². The van der Waals surface area contributed by atoms with E-state index in [1.807, 2.05) is 27.7 Å². The average molecular weight is 462 g/mol. The molecule has 0 aliphatic heterocycles. The van der Waals surface area contributed by atoms with Crippen molar-refractivity contribution >= 4 is 17.9 Å². The van der Waals surface area contributed by atoms with Gasteiger partial charge in [0.05, 0.1) is 0 Å². The molecule has 2 atom stereocenters. The first-order valence-electron chi connectivity index (χ1n) is 11.7. The van der Waals surface area contributed by atoms with E-state index in [9.17, 15) is 19.5 Å². The summed E-state index contributed by atoms with van der Waals surface area (Å²) in [6.45, 7) is 12.7. The van der Waals surface area contributed by atoms with Gasteiger partial charge in [0.15, 0.2) is 0 Å². The number of benzene rings is 1. The second-order valence-electron chi connectivity index (χ2n) is 10.4. The summed E-state index contributed by atoms with van der Waals surface area (Å²) in [6, 6.07) is 4.36. The first kappa shape index (κ1) is 26.5. The molecule has 1 aromatic rings. The van der Waals surface area contributed by atoms with Crippen LogP contribution in [0.1, 0.15) is 79.3 Å². The van der Waals surface area contributed by atoms with Crippen molar-refractivity contribution in [3.63, 3.8) is 0 Å². The Bertz CT molecular complexity index is 825. The Hall–Kier alpha value is -2.77. The van der Waals surface area contributed by atoms with Gasteiger partial charge in [0.1, 0.15) is 23.4 Å². The fraction of sp³-hybridized carbons (Fsp3) is 0.640. The number of amides is 3. The van der Waals surface area contributed by atoms with Gasteiger partial charge in [-0.2, -0.15) is 0 Å². The summed E-state index contributed by atoms with van der Waals surface area (Å²) in [5.41, 5.74) is -0.0976. The highest BCUT2D eigenvalue weighted by molar-refractivity contribution is 5.92. The van der Waals surface area contributed by atoms with Gasteiger partial charge in [-0.15, -0.1) is 0 Å². The number of rotatable bonds is 8. The van der Waals surface area contributed by atoms with Crippen LogP contribution in [0.25, 0.3) is 0 Å². The highest BCUT2D eigenvalue weighted by Gasteiger charge is 2.42. The Labute approximate surface area is 197 Å². The van der Waals surface area contributed by atoms with Gasteiger partial charge >= 0.3 is 6.09 Å². The van der Waals surface area contributed by atoms with Gasteiger partial charge in [-0.1, -0.05) is 26.0 Å². The Morgan fingerprint density at radius 3 is 2.03 bits per heavy atom. The lowest BCUT2D eigenvalue weighted by Gasteiger charge is -2.44. The summed E-state index contributed by atoms with van der Waals surface area (Å²) in [4.78, 5) is 41.4. The van der Waals surface area contributed by atoms with Crippen molar-refractivity contribution in [3.05, 3.63) is 29.8 Å². The molecule has 1 fully saturated rings. The molecule has 3 N–H and O–H groups in total. The molecule has 3 amide bonds. The van der Waals surface area contributed by atoms with Crippen molar-refractivity contribution < 1.29 is 24.2 Å². The minimum atomic E-state index is -0.882. The maximum Gasteiger partial charge on any atom is 0.408 e. The predicted octanol–water partition coefficient (Wildman–Crippen LogP) is 3.89. The Balaban J connectivity index is 2.45. The van der Waals surface area contributed by atoms with Crippen LogP contribution in [-0.2, 0) is 14.3 Å². The molecule has 33 heavy (non-hydrogen) atoms. The standard InChI is InChI=1S/C25H39N3O5/c1-15(2)20(27-24(32)33-25(5,6)7)23(31)28(18-9-8-10-18)21(22(30)26-16(3)4)17-11-13-19(29)14-12-17/h11-16,18,20-21,29H,8-10H2,1-7H3,(H,26,30)(H,27,32). The maximum atomic E-state index is 13.9. The molecule has 184 valence electrons. The monoisotopic (exact) mass is 461 g/mol. The highest BCUT2D eigenvalue weighted by Crippen LogP contribution is 2.34. The molecule has 0 bridgehead atoms. The van der Waals surface area contributed by atoms with E-state index >= 15 is 0 Å². The molecule has 2 rings (SSSR count). The van der Waals surface area contributed by atoms with Crippen molar-refractivity contribution in [3.8, 4) is 5.75 Å². The molecule has 8 heteroatoms. The molecule has 0 aromatic heterocycles. The summed E-state index contributed by atoms with van der Waals surface area (Å²) in [7, 11) is 0. The summed E-state index contributed by atoms with van der Waals surface area (Å²) in [6.07, 6.45) is 1.86. The summed E-state index contributed by atoms with van der Waals surface area (Å²) in [5, 5.41) is 15.4. The third-order valence-corrected chi connectivity index (χ3v) is 5.49. The second kappa shape index (κ2) is 10.9. The number of carbonyl (C=O) groups is 3. The van der Waals surface area contributed by atoms with Crippen molar-refractivity contribution in [2.75, 3.05) is 0 Å². The fourth-order valence-corrected chi connectivity index (χ4v) is 3.75. The van der Waals surface area contributed by atoms with Crippen molar-refractivity contribution in [1.29, 1.82) is 0 Å². The number of phenols is 1. The van der Waals surface area contributed by atoms with E-state index in [4.69, 9.17) is 4.74 Å². The molecule has 1 aliphatic rings. The molecule has 1 saturated carbocycles. The second-order valence-corrected chi connectivity index (χ2v) is 10.4. The number of hydrogen-bond acceptors (Lipinski definition) is 5. The van der Waals surface area contributed by atoms with E-state index < -0.39 is 23.8 Å². The normalized spacial score (nSPS) is 16.0. The minimum Gasteiger partial charge on any atom is -0.508 e. The third-order valence-electron chi connectivity index (χ3n) is 5.49. The van der Waals surface area contributed by atoms with Crippen LogP contribution in [0.4, 0.5) is 4.79 Å². The number of nitrogens with zero attached hydrogens (tertiary/aromatic N) is 1. The lowest BCUT2D eigenvalue weighted by molar-refractivity contribution is -0.148. The number of nitrogens with one attached hydrogen (secondary N) is 2. The Morgan fingerprint density at radius 1 is 1.03 bits per heavy atom. The predicted molar refractivity (Wildman–Crippen MR) is 127 cm³/mol. The van der Waals surface area contributed by atoms with Crippen LogP contribution in [0.3, 0.4) is 0 Å². The Kier molecular flexibility index (Phi) is 8.75. The lowest BCUT2D eigenvalue weighted by atomic mass is 9.87. The zero-order chi connectivity index (χ0) is 24.9. The van der Waals surface area contributed by atoms with Crippen molar-refractivity contribution in [2.45, 2.75) is 97.5 Å². The molecule has 1 aliphatic carbocycles. The fourth-order valence-electron chi connectivity index (χ4n) is 3.75. The van der Waals surface area contributed by atoms with Crippen LogP contribution < -0.4 is 10.6 Å². The van der Waals surface area contributed by atoms with E-state index in [-0.39, 0.29) is 35.6 Å². The molecule has 8 nitrogen and oxygen atoms in total. The summed E-state index contributed by atoms with van der Waals surface area (Å²) < 4.78 is 5.38. The van der Waals surface area contributed by atoms with E-state index in [0.29, 0.717) is 5.56 Å². The van der Waals surface area contributed by atoms with E-state index in [2.05, 4.69) is 10.6 Å². The van der Waals surface area contributed by atoms with Gasteiger partial charge < -0.3 is 25.4 Å². The number of alkyl carbamates (subject to hydrolysis) is 1. The lowest BCUT2D eigenvalue weighted by Crippen LogP contribution is -2.59. The number of phenolic OH excluding ortho intramolecular Hbond substituents is 1. The summed E-state index contributed by atoms with van der Waals surface area (Å²) >= 11 is 0. The van der Waals surface area contributed by atoms with Gasteiger partial charge in [0, 0.05) is 12.1 Å². The van der Waals surface area contributed by atoms with Crippen LogP contribution in [0, 0.1) is 5.92 Å². The molecule has 1 aromatic carbocycles. The molecule has 0 radical (unpaired) electrons. The maximum absolute atomic E-state index is 13.9. The van der Waals surface area contributed by atoms with E-state index in [0.717, 1.165) is 19.3 Å². The molecule has 0 heterocycles. The quantitative estimate of drug-likeness (QED) is 0.544. The SMILES string of the molecule is CC(C)NC(=O)C(c1ccc(O)cc1)N(C(=O)C(NC(=O)OC(C)(C)C)C(C)C)C1CCC1. The van der Waals surface area contributed by atoms with Crippen LogP contribution in [0.5, 0.6) is 5.75 Å². The van der Waals surface area contributed by atoms with Crippen LogP contribution >= 0.6 is 0 Å². The largest absolute Gasteiger partial charge is 0.508 e. The zero-order valence-corrected chi connectivity index (χ0v) is 20.8. The average Bonchev–Trinajstić information content (AvgIpc) is 2.62. The number of aromatic hydroxyl groups is 1. The number of hydrogen-bond donors (Lipinski definition) is 3. The summed E-state index contributed by atoms with van der Waals surface area (Å²) in [5.74, 6) is -0.760. The molecular weight excluding hydrogens is 422 g/mol. The number of ether oxygens (including phenoxy) is 1. The first-order valence-corrected chi connectivity index (χ1v) is 11.7. The third kappa shape index (κ3) is 7.37. The zero-order valence-electron chi connectivity index (χ0n) is 20.8. The smallest absolute Gasteiger partial charge is 0.408 e. The molecule has 0 saturated heterocycles. The first-order chi connectivity index (χ1) is 15.3. The highest BCUT2D eigenvalue weighted by atomic mass is 16.6. The van der Waals surface area contributed by atoms with Gasteiger partial charge in [-0.05, 0) is 77.5 Å². The van der Waals surface area contributed by atoms with E-state index in [1.54, 1.807) is 37.8 Å². The molecular formula is C25H39N3O5. The van der Waals surface area contributed by atoms with Crippen LogP contribution in [0.2, 0.25) is 0 Å². The molecule has 2 unspecified atom stereocenters.